The van der Waals surface area contributed by atoms with E-state index >= 15 is 0 Å². The number of nitrogen functional groups attached to an aromatic ring is 1. The summed E-state index contributed by atoms with van der Waals surface area (Å²) in [6.45, 7) is 0. The number of halogens is 1. The smallest absolute Gasteiger partial charge is 0.132 e. The van der Waals surface area contributed by atoms with Crippen molar-refractivity contribution in [3.8, 4) is 16.9 Å². The molecular weight excluding hydrogens is 400 g/mol. The van der Waals surface area contributed by atoms with Gasteiger partial charge in [-0.25, -0.2) is 4.98 Å². The predicted molar refractivity (Wildman–Crippen MR) is 115 cm³/mol. The lowest BCUT2D eigenvalue weighted by Crippen LogP contribution is -2.03. The summed E-state index contributed by atoms with van der Waals surface area (Å²) in [5.41, 5.74) is 11.6. The molecule has 134 valence electrons. The Hall–Kier alpha value is -2.85. The number of nitrogens with two attached hydrogens (primary N) is 1. The zero-order chi connectivity index (χ0) is 18.8. The molecule has 0 aliphatic rings. The minimum Gasteiger partial charge on any atom is -0.496 e. The monoisotopic (exact) mass is 418 g/mol. The number of aromatic nitrogens is 1. The van der Waals surface area contributed by atoms with Crippen LogP contribution in [0.25, 0.3) is 22.0 Å². The van der Waals surface area contributed by atoms with Gasteiger partial charge >= 0.3 is 0 Å². The molecule has 27 heavy (non-hydrogen) atoms. The van der Waals surface area contributed by atoms with Crippen molar-refractivity contribution in [1.82, 2.24) is 4.98 Å². The first-order valence-electron chi connectivity index (χ1n) is 8.73. The van der Waals surface area contributed by atoms with E-state index in [9.17, 15) is 0 Å². The van der Waals surface area contributed by atoms with Crippen LogP contribution in [0, 0.1) is 0 Å². The molecule has 0 aliphatic carbocycles. The summed E-state index contributed by atoms with van der Waals surface area (Å²) in [7, 11) is 1.70. The number of pyridine rings is 1. The number of nitrogens with zero attached hydrogens (tertiary/aromatic N) is 1. The fourth-order valence-corrected chi connectivity index (χ4v) is 4.11. The van der Waals surface area contributed by atoms with E-state index < -0.39 is 0 Å². The van der Waals surface area contributed by atoms with Crippen LogP contribution in [0.15, 0.2) is 77.3 Å². The number of ether oxygens (including phenoxy) is 1. The van der Waals surface area contributed by atoms with E-state index in [1.54, 1.807) is 7.11 Å². The van der Waals surface area contributed by atoms with Gasteiger partial charge in [0.25, 0.3) is 0 Å². The first kappa shape index (κ1) is 17.6. The van der Waals surface area contributed by atoms with Gasteiger partial charge in [-0.05, 0) is 34.9 Å². The Morgan fingerprint density at radius 2 is 1.67 bits per heavy atom. The van der Waals surface area contributed by atoms with E-state index in [0.29, 0.717) is 12.2 Å². The first-order valence-corrected chi connectivity index (χ1v) is 9.52. The van der Waals surface area contributed by atoms with Crippen molar-refractivity contribution in [2.75, 3.05) is 12.8 Å². The lowest BCUT2D eigenvalue weighted by molar-refractivity contribution is 0.410. The Balaban J connectivity index is 2.04. The molecule has 0 spiro atoms. The topological polar surface area (TPSA) is 48.1 Å². The average Bonchev–Trinajstić information content (AvgIpc) is 2.69. The number of anilines is 1. The van der Waals surface area contributed by atoms with Crippen molar-refractivity contribution in [2.45, 2.75) is 6.42 Å². The predicted octanol–water partition coefficient (Wildman–Crippen LogP) is 5.85. The van der Waals surface area contributed by atoms with Crippen molar-refractivity contribution in [1.29, 1.82) is 0 Å². The quantitative estimate of drug-likeness (QED) is 0.452. The van der Waals surface area contributed by atoms with Crippen LogP contribution in [0.1, 0.15) is 11.1 Å². The van der Waals surface area contributed by atoms with Crippen molar-refractivity contribution in [3.63, 3.8) is 0 Å². The zero-order valence-electron chi connectivity index (χ0n) is 14.9. The molecule has 0 saturated carbocycles. The summed E-state index contributed by atoms with van der Waals surface area (Å²) in [5.74, 6) is 1.41. The third-order valence-corrected chi connectivity index (χ3v) is 5.38. The molecule has 4 rings (SSSR count). The third kappa shape index (κ3) is 3.28. The molecule has 3 nitrogen and oxygen atoms in total. The lowest BCUT2D eigenvalue weighted by Gasteiger charge is -2.18. The Labute approximate surface area is 166 Å². The number of fused-ring (bicyclic) bond motifs is 1. The first-order chi connectivity index (χ1) is 13.2. The van der Waals surface area contributed by atoms with Gasteiger partial charge in [-0.1, -0.05) is 70.5 Å². The third-order valence-electron chi connectivity index (χ3n) is 4.71. The van der Waals surface area contributed by atoms with Gasteiger partial charge in [0, 0.05) is 21.8 Å². The highest BCUT2D eigenvalue weighted by molar-refractivity contribution is 9.10. The number of rotatable bonds is 4. The summed E-state index contributed by atoms with van der Waals surface area (Å²) in [4.78, 5) is 4.67. The standard InChI is InChI=1S/C23H19BrN2O/c1-27-20-13-6-5-10-16(20)14-17-21(15-8-3-2-4-9-15)23(25)26-19-12-7-11-18(24)22(17)19/h2-13H,14H2,1H3,(H2,25,26). The van der Waals surface area contributed by atoms with E-state index in [4.69, 9.17) is 10.5 Å². The largest absolute Gasteiger partial charge is 0.496 e. The van der Waals surface area contributed by atoms with Gasteiger partial charge in [-0.2, -0.15) is 0 Å². The fraction of sp³-hybridized carbons (Fsp3) is 0.0870. The SMILES string of the molecule is COc1ccccc1Cc1c(-c2ccccc2)c(N)nc2cccc(Br)c12. The summed E-state index contributed by atoms with van der Waals surface area (Å²) in [6, 6.07) is 24.3. The van der Waals surface area contributed by atoms with Crippen molar-refractivity contribution in [2.24, 2.45) is 0 Å². The average molecular weight is 419 g/mol. The van der Waals surface area contributed by atoms with Crippen LogP contribution >= 0.6 is 15.9 Å². The van der Waals surface area contributed by atoms with E-state index in [2.05, 4.69) is 39.1 Å². The summed E-state index contributed by atoms with van der Waals surface area (Å²) >= 11 is 3.72. The van der Waals surface area contributed by atoms with Gasteiger partial charge in [0.05, 0.1) is 12.6 Å². The minimum absolute atomic E-state index is 0.539. The maximum atomic E-state index is 6.44. The molecule has 3 aromatic carbocycles. The maximum Gasteiger partial charge on any atom is 0.132 e. The van der Waals surface area contributed by atoms with Crippen LogP contribution in [0.4, 0.5) is 5.82 Å². The Bertz CT molecular complexity index is 1110. The summed E-state index contributed by atoms with van der Waals surface area (Å²) in [5, 5.41) is 1.08. The van der Waals surface area contributed by atoms with Gasteiger partial charge in [0.15, 0.2) is 0 Å². The molecule has 4 heteroatoms. The van der Waals surface area contributed by atoms with E-state index in [-0.39, 0.29) is 0 Å². The highest BCUT2D eigenvalue weighted by Crippen LogP contribution is 2.39. The highest BCUT2D eigenvalue weighted by atomic mass is 79.9. The Morgan fingerprint density at radius 1 is 0.926 bits per heavy atom. The second-order valence-electron chi connectivity index (χ2n) is 6.34. The second-order valence-corrected chi connectivity index (χ2v) is 7.19. The summed E-state index contributed by atoms with van der Waals surface area (Å²) < 4.78 is 6.59. The Morgan fingerprint density at radius 3 is 2.44 bits per heavy atom. The molecule has 0 radical (unpaired) electrons. The van der Waals surface area contributed by atoms with Crippen LogP contribution in [0.5, 0.6) is 5.75 Å². The van der Waals surface area contributed by atoms with Gasteiger partial charge in [-0.3, -0.25) is 0 Å². The molecular formula is C23H19BrN2O. The van der Waals surface area contributed by atoms with Crippen LogP contribution in [-0.4, -0.2) is 12.1 Å². The van der Waals surface area contributed by atoms with Gasteiger partial charge in [0.1, 0.15) is 11.6 Å². The van der Waals surface area contributed by atoms with E-state index in [0.717, 1.165) is 43.4 Å². The molecule has 0 fully saturated rings. The second kappa shape index (κ2) is 7.41. The van der Waals surface area contributed by atoms with Crippen molar-refractivity contribution < 1.29 is 4.74 Å². The number of para-hydroxylation sites is 1. The highest BCUT2D eigenvalue weighted by Gasteiger charge is 2.18. The fourth-order valence-electron chi connectivity index (χ4n) is 3.51. The molecule has 0 unspecified atom stereocenters. The molecule has 0 saturated heterocycles. The minimum atomic E-state index is 0.539. The number of benzene rings is 3. The lowest BCUT2D eigenvalue weighted by atomic mass is 9.92. The molecule has 4 aromatic rings. The number of hydrogen-bond donors (Lipinski definition) is 1. The van der Waals surface area contributed by atoms with E-state index in [1.165, 1.54) is 0 Å². The molecule has 1 aromatic heterocycles. The van der Waals surface area contributed by atoms with Crippen LogP contribution in [0.3, 0.4) is 0 Å². The zero-order valence-corrected chi connectivity index (χ0v) is 16.5. The van der Waals surface area contributed by atoms with Gasteiger partial charge < -0.3 is 10.5 Å². The van der Waals surface area contributed by atoms with Gasteiger partial charge in [-0.15, -0.1) is 0 Å². The number of hydrogen-bond acceptors (Lipinski definition) is 3. The normalized spacial score (nSPS) is 10.9. The Kier molecular flexibility index (Phi) is 4.82. The molecule has 0 bridgehead atoms. The van der Waals surface area contributed by atoms with Crippen molar-refractivity contribution in [3.05, 3.63) is 88.4 Å². The number of methoxy groups -OCH3 is 1. The van der Waals surface area contributed by atoms with Crippen molar-refractivity contribution >= 4 is 32.7 Å². The molecule has 2 N–H and O–H groups in total. The van der Waals surface area contributed by atoms with Crippen LogP contribution in [-0.2, 0) is 6.42 Å². The molecule has 1 heterocycles. The van der Waals surface area contributed by atoms with Crippen LogP contribution in [0.2, 0.25) is 0 Å². The molecule has 0 atom stereocenters. The molecule has 0 aliphatic heterocycles. The van der Waals surface area contributed by atoms with Gasteiger partial charge in [0.2, 0.25) is 0 Å². The maximum absolute atomic E-state index is 6.44. The van der Waals surface area contributed by atoms with Crippen LogP contribution < -0.4 is 10.5 Å². The summed E-state index contributed by atoms with van der Waals surface area (Å²) in [6.07, 6.45) is 0.695. The molecule has 0 amide bonds. The van der Waals surface area contributed by atoms with E-state index in [1.807, 2.05) is 54.6 Å².